The zero-order chi connectivity index (χ0) is 30.3. The number of carbonyl (C=O) groups excluding carboxylic acids is 2. The van der Waals surface area contributed by atoms with Gasteiger partial charge in [-0.05, 0) is 84.8 Å². The number of hydrogen-bond donors (Lipinski definition) is 2. The molecule has 0 radical (unpaired) electrons. The first kappa shape index (κ1) is 28.9. The normalized spacial score (nSPS) is 14.1. The van der Waals surface area contributed by atoms with E-state index in [1.807, 2.05) is 97.1 Å². The maximum Gasteiger partial charge on any atom is 0.256 e. The molecule has 1 unspecified atom stereocenters. The maximum absolute atomic E-state index is 13.5. The highest BCUT2D eigenvalue weighted by Crippen LogP contribution is 2.35. The van der Waals surface area contributed by atoms with Gasteiger partial charge in [-0.3, -0.25) is 9.59 Å². The smallest absolute Gasteiger partial charge is 0.256 e. The Balaban J connectivity index is 1.11. The van der Waals surface area contributed by atoms with E-state index >= 15 is 0 Å². The van der Waals surface area contributed by atoms with Crippen LogP contribution in [0.5, 0.6) is 0 Å². The van der Waals surface area contributed by atoms with Crippen molar-refractivity contribution in [1.29, 1.82) is 0 Å². The van der Waals surface area contributed by atoms with Crippen LogP contribution in [-0.2, 0) is 4.79 Å². The molecule has 0 saturated carbocycles. The van der Waals surface area contributed by atoms with Gasteiger partial charge in [0.25, 0.3) is 5.91 Å². The summed E-state index contributed by atoms with van der Waals surface area (Å²) in [6.07, 6.45) is 1.83. The van der Waals surface area contributed by atoms with Crippen LogP contribution in [0, 0.1) is 12.8 Å². The molecule has 2 amide bonds. The zero-order valence-electron chi connectivity index (χ0n) is 24.9. The van der Waals surface area contributed by atoms with Gasteiger partial charge in [-0.15, -0.1) is 0 Å². The van der Waals surface area contributed by atoms with Gasteiger partial charge >= 0.3 is 0 Å². The van der Waals surface area contributed by atoms with Crippen molar-refractivity contribution >= 4 is 28.9 Å². The van der Waals surface area contributed by atoms with Crippen molar-refractivity contribution in [2.75, 3.05) is 28.6 Å². The molecule has 1 heterocycles. The summed E-state index contributed by atoms with van der Waals surface area (Å²) in [5.41, 5.74) is 7.50. The second-order valence-corrected chi connectivity index (χ2v) is 11.5. The SMILES string of the molecule is Cc1cccc(-c2ccccc2C(=O)Nc2ccc(N3CCC(C(C(=O)Nc4ccccc4)c4ccccc4)CC3)cc2)c1. The standard InChI is InChI=1S/C39H37N3O2/c1-28-11-10-14-31(27-28)35-17-8-9-18-36(35)38(43)40-33-19-21-34(22-20-33)42-25-23-30(24-26-42)37(29-12-4-2-5-13-29)39(44)41-32-15-6-3-7-16-32/h2-22,27,30,37H,23-26H2,1H3,(H,40,43)(H,41,44). The number of amides is 2. The molecule has 5 nitrogen and oxygen atoms in total. The fourth-order valence-corrected chi connectivity index (χ4v) is 6.23. The highest BCUT2D eigenvalue weighted by molar-refractivity contribution is 6.08. The van der Waals surface area contributed by atoms with Crippen LogP contribution >= 0.6 is 0 Å². The van der Waals surface area contributed by atoms with Crippen molar-refractivity contribution < 1.29 is 9.59 Å². The average Bonchev–Trinajstić information content (AvgIpc) is 3.06. The summed E-state index contributed by atoms with van der Waals surface area (Å²) in [4.78, 5) is 29.2. The molecule has 1 atom stereocenters. The van der Waals surface area contributed by atoms with Crippen molar-refractivity contribution in [2.24, 2.45) is 5.92 Å². The Hall–Kier alpha value is -5.16. The third-order valence-electron chi connectivity index (χ3n) is 8.48. The summed E-state index contributed by atoms with van der Waals surface area (Å²) in [6, 6.07) is 43.8. The maximum atomic E-state index is 13.5. The van der Waals surface area contributed by atoms with E-state index in [4.69, 9.17) is 0 Å². The van der Waals surface area contributed by atoms with E-state index < -0.39 is 0 Å². The Labute approximate surface area is 259 Å². The van der Waals surface area contributed by atoms with E-state index in [1.54, 1.807) is 0 Å². The highest BCUT2D eigenvalue weighted by atomic mass is 16.2. The van der Waals surface area contributed by atoms with Crippen molar-refractivity contribution in [3.8, 4) is 11.1 Å². The van der Waals surface area contributed by atoms with E-state index in [1.165, 1.54) is 0 Å². The first-order valence-electron chi connectivity index (χ1n) is 15.3. The van der Waals surface area contributed by atoms with Crippen molar-refractivity contribution in [3.63, 3.8) is 0 Å². The number of nitrogens with one attached hydrogen (secondary N) is 2. The molecule has 1 aliphatic rings. The largest absolute Gasteiger partial charge is 0.372 e. The van der Waals surface area contributed by atoms with Gasteiger partial charge in [-0.25, -0.2) is 0 Å². The quantitative estimate of drug-likeness (QED) is 0.194. The molecular formula is C39H37N3O2. The Morgan fingerprint density at radius 1 is 0.682 bits per heavy atom. The molecule has 5 aromatic carbocycles. The van der Waals surface area contributed by atoms with Crippen molar-refractivity contribution in [1.82, 2.24) is 0 Å². The van der Waals surface area contributed by atoms with Gasteiger partial charge < -0.3 is 15.5 Å². The number of rotatable bonds is 8. The number of nitrogens with zero attached hydrogens (tertiary/aromatic N) is 1. The minimum Gasteiger partial charge on any atom is -0.372 e. The second kappa shape index (κ2) is 13.4. The summed E-state index contributed by atoms with van der Waals surface area (Å²) < 4.78 is 0. The summed E-state index contributed by atoms with van der Waals surface area (Å²) in [7, 11) is 0. The van der Waals surface area contributed by atoms with Gasteiger partial charge in [-0.2, -0.15) is 0 Å². The van der Waals surface area contributed by atoms with Crippen LogP contribution in [-0.4, -0.2) is 24.9 Å². The molecule has 0 aliphatic carbocycles. The Morgan fingerprint density at radius 3 is 2.02 bits per heavy atom. The molecule has 44 heavy (non-hydrogen) atoms. The van der Waals surface area contributed by atoms with Gasteiger partial charge in [-0.1, -0.05) is 96.6 Å². The number of carbonyl (C=O) groups is 2. The molecule has 1 saturated heterocycles. The van der Waals surface area contributed by atoms with Gasteiger partial charge in [0.2, 0.25) is 5.91 Å². The molecule has 0 spiro atoms. The first-order valence-corrected chi connectivity index (χ1v) is 15.3. The molecular weight excluding hydrogens is 542 g/mol. The van der Waals surface area contributed by atoms with E-state index in [0.29, 0.717) is 5.56 Å². The van der Waals surface area contributed by atoms with Crippen molar-refractivity contribution in [3.05, 3.63) is 150 Å². The van der Waals surface area contributed by atoms with Crippen LogP contribution in [0.25, 0.3) is 11.1 Å². The lowest BCUT2D eigenvalue weighted by Crippen LogP contribution is -2.38. The molecule has 6 rings (SSSR count). The molecule has 5 heteroatoms. The number of piperidine rings is 1. The lowest BCUT2D eigenvalue weighted by Gasteiger charge is -2.37. The fraction of sp³-hybridized carbons (Fsp3) is 0.179. The third-order valence-corrected chi connectivity index (χ3v) is 8.48. The van der Waals surface area contributed by atoms with Gasteiger partial charge in [0.05, 0.1) is 5.92 Å². The number of hydrogen-bond acceptors (Lipinski definition) is 3. The van der Waals surface area contributed by atoms with Gasteiger partial charge in [0.15, 0.2) is 0 Å². The van der Waals surface area contributed by atoms with Crippen molar-refractivity contribution in [2.45, 2.75) is 25.7 Å². The van der Waals surface area contributed by atoms with E-state index in [0.717, 1.165) is 65.2 Å². The summed E-state index contributed by atoms with van der Waals surface area (Å²) in [6.45, 7) is 3.78. The monoisotopic (exact) mass is 579 g/mol. The predicted molar refractivity (Wildman–Crippen MR) is 180 cm³/mol. The number of benzene rings is 5. The molecule has 1 fully saturated rings. The summed E-state index contributed by atoms with van der Waals surface area (Å²) in [5, 5.41) is 6.23. The lowest BCUT2D eigenvalue weighted by atomic mass is 9.79. The number of anilines is 3. The minimum atomic E-state index is -0.209. The molecule has 5 aromatic rings. The van der Waals surface area contributed by atoms with Gasteiger partial charge in [0, 0.05) is 35.7 Å². The topological polar surface area (TPSA) is 61.4 Å². The first-order chi connectivity index (χ1) is 21.5. The van der Waals surface area contributed by atoms with Crippen LogP contribution in [0.2, 0.25) is 0 Å². The molecule has 220 valence electrons. The lowest BCUT2D eigenvalue weighted by molar-refractivity contribution is -0.118. The predicted octanol–water partition coefficient (Wildman–Crippen LogP) is 8.55. The minimum absolute atomic E-state index is 0.0462. The highest BCUT2D eigenvalue weighted by Gasteiger charge is 2.33. The second-order valence-electron chi connectivity index (χ2n) is 11.5. The molecule has 2 N–H and O–H groups in total. The third kappa shape index (κ3) is 6.73. The molecule has 0 bridgehead atoms. The number of aryl methyl sites for hydroxylation is 1. The van der Waals surface area contributed by atoms with E-state index in [-0.39, 0.29) is 23.7 Å². The number of para-hydroxylation sites is 1. The summed E-state index contributed by atoms with van der Waals surface area (Å²) in [5.74, 6) is -0.0514. The van der Waals surface area contributed by atoms with Crippen LogP contribution in [0.4, 0.5) is 17.1 Å². The Kier molecular flexibility index (Phi) is 8.83. The Morgan fingerprint density at radius 2 is 1.32 bits per heavy atom. The fourth-order valence-electron chi connectivity index (χ4n) is 6.23. The van der Waals surface area contributed by atoms with Crippen LogP contribution in [0.3, 0.4) is 0 Å². The van der Waals surface area contributed by atoms with Gasteiger partial charge in [0.1, 0.15) is 0 Å². The zero-order valence-corrected chi connectivity index (χ0v) is 24.9. The van der Waals surface area contributed by atoms with Crippen LogP contribution in [0.1, 0.15) is 40.2 Å². The Bertz CT molecular complexity index is 1710. The molecule has 1 aliphatic heterocycles. The average molecular weight is 580 g/mol. The van der Waals surface area contributed by atoms with Crippen LogP contribution < -0.4 is 15.5 Å². The molecule has 0 aromatic heterocycles. The van der Waals surface area contributed by atoms with E-state index in [9.17, 15) is 9.59 Å². The summed E-state index contributed by atoms with van der Waals surface area (Å²) >= 11 is 0. The van der Waals surface area contributed by atoms with Crippen LogP contribution in [0.15, 0.2) is 133 Å². The van der Waals surface area contributed by atoms with E-state index in [2.05, 4.69) is 58.9 Å².